The first-order valence-corrected chi connectivity index (χ1v) is 7.84. The Kier molecular flexibility index (Phi) is 4.31. The number of hydrogen-bond acceptors (Lipinski definition) is 3. The largest absolute Gasteiger partial charge is 0.321 e. The molecule has 0 saturated carbocycles. The van der Waals surface area contributed by atoms with Gasteiger partial charge >= 0.3 is 0 Å². The van der Waals surface area contributed by atoms with Crippen LogP contribution in [0.2, 0.25) is 0 Å². The van der Waals surface area contributed by atoms with Gasteiger partial charge in [-0.25, -0.2) is 4.39 Å². The van der Waals surface area contributed by atoms with Gasteiger partial charge in [0.25, 0.3) is 0 Å². The molecule has 1 aromatic carbocycles. The fourth-order valence-electron chi connectivity index (χ4n) is 2.19. The van der Waals surface area contributed by atoms with E-state index in [1.165, 1.54) is 12.1 Å². The molecule has 0 aromatic heterocycles. The van der Waals surface area contributed by atoms with E-state index in [1.807, 2.05) is 0 Å². The van der Waals surface area contributed by atoms with Crippen molar-refractivity contribution in [2.75, 3.05) is 18.6 Å². The zero-order chi connectivity index (χ0) is 14.0. The molecule has 19 heavy (non-hydrogen) atoms. The van der Waals surface area contributed by atoms with Gasteiger partial charge in [0.15, 0.2) is 0 Å². The first-order valence-electron chi connectivity index (χ1n) is 6.11. The summed E-state index contributed by atoms with van der Waals surface area (Å²) in [6, 6.07) is 5.88. The number of amides is 1. The summed E-state index contributed by atoms with van der Waals surface area (Å²) in [5.74, 6) is 0.0522. The lowest BCUT2D eigenvalue weighted by Gasteiger charge is -2.24. The van der Waals surface area contributed by atoms with Gasteiger partial charge < -0.3 is 4.90 Å². The number of rotatable bonds is 4. The number of halogens is 1. The number of nitrogens with one attached hydrogen (secondary N) is 1. The highest BCUT2D eigenvalue weighted by Gasteiger charge is 2.36. The average molecular weight is 284 g/mol. The first kappa shape index (κ1) is 14.1. The second-order valence-electron chi connectivity index (χ2n) is 4.65. The molecule has 6 heteroatoms. The van der Waals surface area contributed by atoms with Gasteiger partial charge in [0, 0.05) is 29.4 Å². The molecule has 4 nitrogen and oxygen atoms in total. The molecule has 3 unspecified atom stereocenters. The van der Waals surface area contributed by atoms with E-state index < -0.39 is 10.8 Å². The third kappa shape index (κ3) is 3.19. The number of hydrogen-bond donors (Lipinski definition) is 1. The highest BCUT2D eigenvalue weighted by molar-refractivity contribution is 7.84. The third-order valence-corrected chi connectivity index (χ3v) is 3.91. The van der Waals surface area contributed by atoms with Crippen molar-refractivity contribution < 1.29 is 13.4 Å². The van der Waals surface area contributed by atoms with E-state index >= 15 is 0 Å². The summed E-state index contributed by atoms with van der Waals surface area (Å²) in [7, 11) is -0.959. The van der Waals surface area contributed by atoms with Crippen molar-refractivity contribution in [1.82, 2.24) is 10.2 Å². The summed E-state index contributed by atoms with van der Waals surface area (Å²) in [6.07, 6.45) is 1.26. The molecule has 3 atom stereocenters. The van der Waals surface area contributed by atoms with E-state index in [1.54, 1.807) is 30.2 Å². The third-order valence-electron chi connectivity index (χ3n) is 3.16. The van der Waals surface area contributed by atoms with E-state index in [0.717, 1.165) is 0 Å². The summed E-state index contributed by atoms with van der Waals surface area (Å²) in [5, 5.41) is 3.13. The number of carbonyl (C=O) groups excluding carboxylic acids is 1. The Morgan fingerprint density at radius 3 is 2.84 bits per heavy atom. The molecule has 1 aliphatic heterocycles. The minimum Gasteiger partial charge on any atom is -0.321 e. The van der Waals surface area contributed by atoms with Crippen LogP contribution in [0.5, 0.6) is 0 Å². The van der Waals surface area contributed by atoms with Crippen molar-refractivity contribution >= 4 is 16.7 Å². The smallest absolute Gasteiger partial charge is 0.241 e. The van der Waals surface area contributed by atoms with Crippen LogP contribution >= 0.6 is 0 Å². The topological polar surface area (TPSA) is 49.4 Å². The normalized spacial score (nSPS) is 24.8. The van der Waals surface area contributed by atoms with Crippen LogP contribution < -0.4 is 5.32 Å². The predicted molar refractivity (Wildman–Crippen MR) is 72.4 cm³/mol. The van der Waals surface area contributed by atoms with Crippen LogP contribution in [0, 0.1) is 5.82 Å². The van der Waals surface area contributed by atoms with Gasteiger partial charge in [0.2, 0.25) is 5.91 Å². The van der Waals surface area contributed by atoms with E-state index in [-0.39, 0.29) is 23.9 Å². The SMILES string of the molecule is CC1NC(c2cccc(F)c2)N(CCS(C)=O)C1=O. The minimum atomic E-state index is -0.959. The summed E-state index contributed by atoms with van der Waals surface area (Å²) >= 11 is 0. The van der Waals surface area contributed by atoms with Gasteiger partial charge in [0.1, 0.15) is 12.0 Å². The number of carbonyl (C=O) groups is 1. The molecule has 1 amide bonds. The molecule has 1 heterocycles. The van der Waals surface area contributed by atoms with Crippen LogP contribution in [-0.4, -0.2) is 39.6 Å². The Labute approximate surface area is 114 Å². The quantitative estimate of drug-likeness (QED) is 0.898. The molecule has 0 radical (unpaired) electrons. The van der Waals surface area contributed by atoms with Crippen LogP contribution in [0.1, 0.15) is 18.7 Å². The van der Waals surface area contributed by atoms with Crippen molar-refractivity contribution in [3.63, 3.8) is 0 Å². The zero-order valence-electron chi connectivity index (χ0n) is 10.9. The molecule has 0 aliphatic carbocycles. The standard InChI is InChI=1S/C13H17FN2O2S/c1-9-13(17)16(6-7-19(2)18)12(15-9)10-4-3-5-11(14)8-10/h3-5,8-9,12,15H,6-7H2,1-2H3. The van der Waals surface area contributed by atoms with Crippen molar-refractivity contribution in [3.8, 4) is 0 Å². The Bertz CT molecular complexity index is 509. The molecule has 1 saturated heterocycles. The molecule has 1 fully saturated rings. The molecular formula is C13H17FN2O2S. The van der Waals surface area contributed by atoms with Gasteiger partial charge in [-0.3, -0.25) is 14.3 Å². The fourth-order valence-corrected chi connectivity index (χ4v) is 2.65. The highest BCUT2D eigenvalue weighted by atomic mass is 32.2. The molecule has 0 bridgehead atoms. The van der Waals surface area contributed by atoms with Gasteiger partial charge in [0.05, 0.1) is 6.04 Å². The maximum Gasteiger partial charge on any atom is 0.241 e. The highest BCUT2D eigenvalue weighted by Crippen LogP contribution is 2.25. The number of benzene rings is 1. The Balaban J connectivity index is 2.22. The summed E-state index contributed by atoms with van der Waals surface area (Å²) in [5.41, 5.74) is 0.708. The van der Waals surface area contributed by atoms with E-state index in [0.29, 0.717) is 17.9 Å². The number of nitrogens with zero attached hydrogens (tertiary/aromatic N) is 1. The van der Waals surface area contributed by atoms with Crippen molar-refractivity contribution in [3.05, 3.63) is 35.6 Å². The maximum absolute atomic E-state index is 13.3. The molecule has 0 spiro atoms. The van der Waals surface area contributed by atoms with Gasteiger partial charge in [-0.1, -0.05) is 12.1 Å². The van der Waals surface area contributed by atoms with E-state index in [9.17, 15) is 13.4 Å². The Morgan fingerprint density at radius 1 is 1.47 bits per heavy atom. The van der Waals surface area contributed by atoms with E-state index in [2.05, 4.69) is 5.32 Å². The molecule has 2 rings (SSSR count). The summed E-state index contributed by atoms with van der Waals surface area (Å²) in [4.78, 5) is 13.7. The van der Waals surface area contributed by atoms with Crippen LogP contribution in [-0.2, 0) is 15.6 Å². The summed E-state index contributed by atoms with van der Waals surface area (Å²) < 4.78 is 24.5. The molecular weight excluding hydrogens is 267 g/mol. The second-order valence-corrected chi connectivity index (χ2v) is 6.21. The van der Waals surface area contributed by atoms with Crippen molar-refractivity contribution in [2.45, 2.75) is 19.1 Å². The Morgan fingerprint density at radius 2 is 2.21 bits per heavy atom. The lowest BCUT2D eigenvalue weighted by atomic mass is 10.1. The van der Waals surface area contributed by atoms with Gasteiger partial charge in [-0.2, -0.15) is 0 Å². The molecule has 1 aromatic rings. The van der Waals surface area contributed by atoms with Crippen molar-refractivity contribution in [1.29, 1.82) is 0 Å². The molecule has 1 N–H and O–H groups in total. The minimum absolute atomic E-state index is 0.0419. The predicted octanol–water partition coefficient (Wildman–Crippen LogP) is 1.02. The Hall–Kier alpha value is -1.27. The van der Waals surface area contributed by atoms with Crippen molar-refractivity contribution in [2.24, 2.45) is 0 Å². The van der Waals surface area contributed by atoms with Crippen LogP contribution in [0.25, 0.3) is 0 Å². The average Bonchev–Trinajstić information content (AvgIpc) is 2.63. The van der Waals surface area contributed by atoms with Crippen LogP contribution in [0.4, 0.5) is 4.39 Å². The second kappa shape index (κ2) is 5.79. The van der Waals surface area contributed by atoms with Crippen LogP contribution in [0.15, 0.2) is 24.3 Å². The lowest BCUT2D eigenvalue weighted by molar-refractivity contribution is -0.129. The summed E-state index contributed by atoms with van der Waals surface area (Å²) in [6.45, 7) is 2.18. The van der Waals surface area contributed by atoms with Gasteiger partial charge in [-0.05, 0) is 24.6 Å². The molecule has 1 aliphatic rings. The first-order chi connectivity index (χ1) is 8.99. The van der Waals surface area contributed by atoms with E-state index in [4.69, 9.17) is 0 Å². The lowest BCUT2D eigenvalue weighted by Crippen LogP contribution is -2.33. The zero-order valence-corrected chi connectivity index (χ0v) is 11.7. The monoisotopic (exact) mass is 284 g/mol. The molecule has 104 valence electrons. The van der Waals surface area contributed by atoms with Gasteiger partial charge in [-0.15, -0.1) is 0 Å². The van der Waals surface area contributed by atoms with Crippen LogP contribution in [0.3, 0.4) is 0 Å². The maximum atomic E-state index is 13.3. The fraction of sp³-hybridized carbons (Fsp3) is 0.462.